The lowest BCUT2D eigenvalue weighted by molar-refractivity contribution is -0.127. The normalized spacial score (nSPS) is 11.5. The Bertz CT molecular complexity index is 217. The van der Waals surface area contributed by atoms with Gasteiger partial charge in [-0.25, -0.2) is 0 Å². The van der Waals surface area contributed by atoms with E-state index >= 15 is 0 Å². The van der Waals surface area contributed by atoms with E-state index in [0.29, 0.717) is 0 Å². The molecule has 1 heterocycles. The number of pyridine rings is 1. The summed E-state index contributed by atoms with van der Waals surface area (Å²) in [7, 11) is 0. The van der Waals surface area contributed by atoms with Crippen molar-refractivity contribution in [3.63, 3.8) is 0 Å². The largest absolute Gasteiger partial charge is 0.393 e. The first-order valence-electron chi connectivity index (χ1n) is 3.03. The molecule has 1 rings (SSSR count). The first-order valence-corrected chi connectivity index (χ1v) is 3.03. The molecule has 0 aliphatic rings. The number of hydrogen-bond acceptors (Lipinski definition) is 1. The zero-order valence-corrected chi connectivity index (χ0v) is 5.60. The Morgan fingerprint density at radius 2 is 1.73 bits per heavy atom. The molecule has 0 aromatic carbocycles. The maximum Gasteiger partial charge on any atom is 0.393 e. The molecule has 0 aliphatic heterocycles. The Balaban J connectivity index is 2.66. The highest BCUT2D eigenvalue weighted by molar-refractivity contribution is 5.10. The Morgan fingerprint density at radius 3 is 2.18 bits per heavy atom. The van der Waals surface area contributed by atoms with E-state index in [1.165, 1.54) is 24.5 Å². The number of halogens is 3. The summed E-state index contributed by atoms with van der Waals surface area (Å²) in [5, 5.41) is 0. The lowest BCUT2D eigenvalue weighted by Gasteiger charge is -2.04. The molecule has 0 aliphatic carbocycles. The fourth-order valence-electron chi connectivity index (χ4n) is 0.732. The molecular formula is C7H6F3N. The van der Waals surface area contributed by atoms with Gasteiger partial charge in [0, 0.05) is 12.4 Å². The molecule has 0 saturated carbocycles. The Hall–Kier alpha value is -1.06. The molecule has 0 amide bonds. The first-order chi connectivity index (χ1) is 5.08. The van der Waals surface area contributed by atoms with Gasteiger partial charge >= 0.3 is 6.18 Å². The van der Waals surface area contributed by atoms with Gasteiger partial charge in [0.05, 0.1) is 6.42 Å². The van der Waals surface area contributed by atoms with Gasteiger partial charge < -0.3 is 0 Å². The van der Waals surface area contributed by atoms with E-state index in [2.05, 4.69) is 4.98 Å². The molecule has 1 aromatic heterocycles. The smallest absolute Gasteiger partial charge is 0.265 e. The molecule has 60 valence electrons. The summed E-state index contributed by atoms with van der Waals surface area (Å²) in [5.74, 6) is 0. The van der Waals surface area contributed by atoms with E-state index in [4.69, 9.17) is 0 Å². The van der Waals surface area contributed by atoms with Gasteiger partial charge in [0.15, 0.2) is 0 Å². The number of alkyl halides is 3. The van der Waals surface area contributed by atoms with Crippen molar-refractivity contribution in [2.45, 2.75) is 12.6 Å². The second-order valence-corrected chi connectivity index (χ2v) is 2.15. The predicted octanol–water partition coefficient (Wildman–Crippen LogP) is 2.19. The number of rotatable bonds is 1. The van der Waals surface area contributed by atoms with Crippen LogP contribution in [0.15, 0.2) is 24.5 Å². The van der Waals surface area contributed by atoms with Crippen LogP contribution < -0.4 is 0 Å². The molecule has 0 bridgehead atoms. The van der Waals surface area contributed by atoms with Crippen LogP contribution in [0.3, 0.4) is 0 Å². The molecule has 0 fully saturated rings. The van der Waals surface area contributed by atoms with Gasteiger partial charge in [-0.3, -0.25) is 4.98 Å². The molecule has 0 N–H and O–H groups in total. The maximum absolute atomic E-state index is 11.7. The molecule has 1 nitrogen and oxygen atoms in total. The van der Waals surface area contributed by atoms with Crippen molar-refractivity contribution in [3.8, 4) is 0 Å². The van der Waals surface area contributed by atoms with Crippen LogP contribution >= 0.6 is 0 Å². The second-order valence-electron chi connectivity index (χ2n) is 2.15. The average molecular weight is 161 g/mol. The van der Waals surface area contributed by atoms with Crippen molar-refractivity contribution in [2.24, 2.45) is 0 Å². The van der Waals surface area contributed by atoms with E-state index < -0.39 is 12.6 Å². The SMILES string of the molecule is FC(F)(F)Cc1ccncc1. The van der Waals surface area contributed by atoms with E-state index in [1.807, 2.05) is 0 Å². The number of aromatic nitrogens is 1. The molecule has 0 saturated heterocycles. The van der Waals surface area contributed by atoms with Crippen LogP contribution in [0.5, 0.6) is 0 Å². The summed E-state index contributed by atoms with van der Waals surface area (Å²) in [6.45, 7) is 0. The first kappa shape index (κ1) is 8.04. The second kappa shape index (κ2) is 2.90. The number of nitrogens with zero attached hydrogens (tertiary/aromatic N) is 1. The standard InChI is InChI=1S/C7H6F3N/c8-7(9,10)5-6-1-3-11-4-2-6/h1-4H,5H2. The van der Waals surface area contributed by atoms with Crippen LogP contribution in [-0.2, 0) is 6.42 Å². The van der Waals surface area contributed by atoms with Crippen molar-refractivity contribution >= 4 is 0 Å². The summed E-state index contributed by atoms with van der Waals surface area (Å²) >= 11 is 0. The van der Waals surface area contributed by atoms with Gasteiger partial charge in [-0.2, -0.15) is 13.2 Å². The quantitative estimate of drug-likeness (QED) is 0.615. The minimum Gasteiger partial charge on any atom is -0.265 e. The third-order valence-electron chi connectivity index (χ3n) is 1.15. The third-order valence-corrected chi connectivity index (χ3v) is 1.15. The molecule has 0 atom stereocenters. The van der Waals surface area contributed by atoms with Gasteiger partial charge in [0.25, 0.3) is 0 Å². The zero-order chi connectivity index (χ0) is 8.32. The summed E-state index contributed by atoms with van der Waals surface area (Å²) in [6, 6.07) is 2.71. The number of hydrogen-bond donors (Lipinski definition) is 0. The van der Waals surface area contributed by atoms with Crippen molar-refractivity contribution in [1.82, 2.24) is 4.98 Å². The molecular weight excluding hydrogens is 155 g/mol. The fraction of sp³-hybridized carbons (Fsp3) is 0.286. The van der Waals surface area contributed by atoms with Crippen LogP contribution in [0.1, 0.15) is 5.56 Å². The van der Waals surface area contributed by atoms with E-state index in [9.17, 15) is 13.2 Å². The van der Waals surface area contributed by atoms with Crippen molar-refractivity contribution in [2.75, 3.05) is 0 Å². The predicted molar refractivity (Wildman–Crippen MR) is 34.0 cm³/mol. The summed E-state index contributed by atoms with van der Waals surface area (Å²) in [5.41, 5.74) is 0.243. The van der Waals surface area contributed by atoms with Gasteiger partial charge in [-0.05, 0) is 17.7 Å². The Labute approximate surface area is 61.9 Å². The Morgan fingerprint density at radius 1 is 1.18 bits per heavy atom. The lowest BCUT2D eigenvalue weighted by atomic mass is 10.2. The average Bonchev–Trinajstić information content (AvgIpc) is 1.85. The summed E-state index contributed by atoms with van der Waals surface area (Å²) in [4.78, 5) is 3.61. The minimum atomic E-state index is -4.12. The van der Waals surface area contributed by atoms with Crippen LogP contribution in [0, 0.1) is 0 Å². The van der Waals surface area contributed by atoms with E-state index in [0.717, 1.165) is 0 Å². The Kier molecular flexibility index (Phi) is 2.12. The zero-order valence-electron chi connectivity index (χ0n) is 5.60. The fourth-order valence-corrected chi connectivity index (χ4v) is 0.732. The van der Waals surface area contributed by atoms with Crippen LogP contribution in [-0.4, -0.2) is 11.2 Å². The summed E-state index contributed by atoms with van der Waals surface area (Å²) in [6.07, 6.45) is -2.31. The minimum absolute atomic E-state index is 0.243. The molecule has 0 unspecified atom stereocenters. The monoisotopic (exact) mass is 161 g/mol. The molecule has 0 radical (unpaired) electrons. The highest BCUT2D eigenvalue weighted by Crippen LogP contribution is 2.20. The van der Waals surface area contributed by atoms with Gasteiger partial charge in [0.2, 0.25) is 0 Å². The van der Waals surface area contributed by atoms with Gasteiger partial charge in [0.1, 0.15) is 0 Å². The third kappa shape index (κ3) is 3.02. The van der Waals surface area contributed by atoms with Crippen molar-refractivity contribution < 1.29 is 13.2 Å². The highest BCUT2D eigenvalue weighted by atomic mass is 19.4. The lowest BCUT2D eigenvalue weighted by Crippen LogP contribution is -2.11. The van der Waals surface area contributed by atoms with Gasteiger partial charge in [-0.15, -0.1) is 0 Å². The van der Waals surface area contributed by atoms with Crippen LogP contribution in [0.4, 0.5) is 13.2 Å². The molecule has 11 heavy (non-hydrogen) atoms. The molecule has 0 spiro atoms. The van der Waals surface area contributed by atoms with Crippen molar-refractivity contribution in [3.05, 3.63) is 30.1 Å². The maximum atomic E-state index is 11.7. The van der Waals surface area contributed by atoms with Crippen molar-refractivity contribution in [1.29, 1.82) is 0 Å². The molecule has 1 aromatic rings. The van der Waals surface area contributed by atoms with Crippen LogP contribution in [0.2, 0.25) is 0 Å². The van der Waals surface area contributed by atoms with Gasteiger partial charge in [-0.1, -0.05) is 0 Å². The van der Waals surface area contributed by atoms with E-state index in [1.54, 1.807) is 0 Å². The summed E-state index contributed by atoms with van der Waals surface area (Å²) < 4.78 is 35.2. The van der Waals surface area contributed by atoms with Crippen LogP contribution in [0.25, 0.3) is 0 Å². The van der Waals surface area contributed by atoms with E-state index in [-0.39, 0.29) is 5.56 Å². The topological polar surface area (TPSA) is 12.9 Å². The highest BCUT2D eigenvalue weighted by Gasteiger charge is 2.27. The molecule has 4 heteroatoms.